The lowest BCUT2D eigenvalue weighted by molar-refractivity contribution is -0.126. The van der Waals surface area contributed by atoms with E-state index < -0.39 is 0 Å². The van der Waals surface area contributed by atoms with Crippen LogP contribution in [0.1, 0.15) is 27.4 Å². The van der Waals surface area contributed by atoms with Crippen LogP contribution in [-0.4, -0.2) is 42.1 Å². The molecule has 0 aromatic carbocycles. The Labute approximate surface area is 174 Å². The fraction of sp³-hybridized carbons (Fsp3) is 0.444. The lowest BCUT2D eigenvalue weighted by Crippen LogP contribution is -2.45. The third-order valence-corrected chi connectivity index (χ3v) is 7.90. The number of halogens is 1. The molecule has 1 aliphatic rings. The van der Waals surface area contributed by atoms with Gasteiger partial charge in [-0.1, -0.05) is 6.07 Å². The summed E-state index contributed by atoms with van der Waals surface area (Å²) in [5.74, 6) is 1.90. The molecule has 0 saturated carbocycles. The summed E-state index contributed by atoms with van der Waals surface area (Å²) in [5.41, 5.74) is 0. The normalized spacial score (nSPS) is 17.3. The molecule has 1 atom stereocenters. The number of hydrogen-bond acceptors (Lipinski definition) is 5. The summed E-state index contributed by atoms with van der Waals surface area (Å²) in [6, 6.07) is 7.93. The summed E-state index contributed by atoms with van der Waals surface area (Å²) in [7, 11) is 0. The highest BCUT2D eigenvalue weighted by molar-refractivity contribution is 9.11. The molecule has 8 heteroatoms. The average Bonchev–Trinajstić information content (AvgIpc) is 3.32. The summed E-state index contributed by atoms with van der Waals surface area (Å²) < 4.78 is 1.15. The van der Waals surface area contributed by atoms with Gasteiger partial charge in [0.15, 0.2) is 0 Å². The van der Waals surface area contributed by atoms with Crippen LogP contribution in [0.25, 0.3) is 0 Å². The van der Waals surface area contributed by atoms with Gasteiger partial charge in [-0.05, 0) is 52.4 Å². The molecule has 1 saturated heterocycles. The number of nitrogens with zero attached hydrogens (tertiary/aromatic N) is 1. The molecule has 1 aliphatic heterocycles. The van der Waals surface area contributed by atoms with Crippen molar-refractivity contribution in [2.75, 3.05) is 25.4 Å². The minimum absolute atomic E-state index is 0.0511. The topological polar surface area (TPSA) is 49.4 Å². The maximum absolute atomic E-state index is 12.5. The summed E-state index contributed by atoms with van der Waals surface area (Å²) in [6.45, 7) is 1.94. The van der Waals surface area contributed by atoms with E-state index in [-0.39, 0.29) is 17.7 Å². The Morgan fingerprint density at radius 3 is 2.96 bits per heavy atom. The van der Waals surface area contributed by atoms with Gasteiger partial charge < -0.3 is 10.2 Å². The number of piperidine rings is 1. The van der Waals surface area contributed by atoms with Crippen LogP contribution < -0.4 is 5.32 Å². The van der Waals surface area contributed by atoms with Crippen LogP contribution >= 0.6 is 50.4 Å². The number of rotatable bonds is 7. The third-order valence-electron chi connectivity index (χ3n) is 4.23. The van der Waals surface area contributed by atoms with Crippen molar-refractivity contribution >= 4 is 62.2 Å². The van der Waals surface area contributed by atoms with E-state index in [1.54, 1.807) is 11.3 Å². The van der Waals surface area contributed by atoms with E-state index in [1.165, 1.54) is 16.2 Å². The highest BCUT2D eigenvalue weighted by Gasteiger charge is 2.29. The van der Waals surface area contributed by atoms with Gasteiger partial charge in [0.1, 0.15) is 0 Å². The van der Waals surface area contributed by atoms with Crippen molar-refractivity contribution in [3.05, 3.63) is 43.2 Å². The van der Waals surface area contributed by atoms with Crippen LogP contribution in [0.5, 0.6) is 0 Å². The molecule has 1 fully saturated rings. The van der Waals surface area contributed by atoms with E-state index in [0.717, 1.165) is 39.6 Å². The van der Waals surface area contributed by atoms with Crippen molar-refractivity contribution in [3.8, 4) is 0 Å². The summed E-state index contributed by atoms with van der Waals surface area (Å²) in [4.78, 5) is 28.8. The van der Waals surface area contributed by atoms with Crippen molar-refractivity contribution in [2.24, 2.45) is 5.92 Å². The van der Waals surface area contributed by atoms with Gasteiger partial charge in [-0.25, -0.2) is 0 Å². The van der Waals surface area contributed by atoms with Crippen LogP contribution in [0, 0.1) is 5.92 Å². The summed E-state index contributed by atoms with van der Waals surface area (Å²) in [6.07, 6.45) is 1.74. The Bertz CT molecular complexity index is 733. The minimum Gasteiger partial charge on any atom is -0.355 e. The molecule has 2 amide bonds. The highest BCUT2D eigenvalue weighted by Crippen LogP contribution is 2.25. The molecule has 2 aromatic rings. The Balaban J connectivity index is 1.38. The van der Waals surface area contributed by atoms with Crippen LogP contribution in [0.15, 0.2) is 33.4 Å². The van der Waals surface area contributed by atoms with Crippen molar-refractivity contribution in [1.82, 2.24) is 10.2 Å². The number of thiophene rings is 2. The Hall–Kier alpha value is -0.830. The smallest absolute Gasteiger partial charge is 0.263 e. The van der Waals surface area contributed by atoms with Gasteiger partial charge in [0, 0.05) is 36.0 Å². The maximum Gasteiger partial charge on any atom is 0.263 e. The van der Waals surface area contributed by atoms with Gasteiger partial charge in [0.2, 0.25) is 5.91 Å². The fourth-order valence-corrected chi connectivity index (χ4v) is 6.07. The van der Waals surface area contributed by atoms with Crippen LogP contribution in [0.3, 0.4) is 0 Å². The molecule has 1 N–H and O–H groups in total. The molecule has 0 bridgehead atoms. The first kappa shape index (κ1) is 19.9. The lowest BCUT2D eigenvalue weighted by Gasteiger charge is -2.31. The number of hydrogen-bond donors (Lipinski definition) is 1. The Morgan fingerprint density at radius 1 is 1.35 bits per heavy atom. The molecule has 140 valence electrons. The van der Waals surface area contributed by atoms with E-state index >= 15 is 0 Å². The monoisotopic (exact) mass is 472 g/mol. The summed E-state index contributed by atoms with van der Waals surface area (Å²) in [5, 5.41) is 4.95. The van der Waals surface area contributed by atoms with Crippen molar-refractivity contribution in [2.45, 2.75) is 18.6 Å². The van der Waals surface area contributed by atoms with Crippen molar-refractivity contribution in [3.63, 3.8) is 0 Å². The number of carbonyl (C=O) groups is 2. The second-order valence-electron chi connectivity index (χ2n) is 6.12. The second-order valence-corrected chi connectivity index (χ2v) is 10.7. The SMILES string of the molecule is O=C(NCCSCc1ccc(Br)s1)[C@H]1CCCN(C(=O)c2cccs2)C1. The van der Waals surface area contributed by atoms with E-state index in [9.17, 15) is 9.59 Å². The minimum atomic E-state index is -0.0917. The average molecular weight is 473 g/mol. The van der Waals surface area contributed by atoms with Crippen molar-refractivity contribution < 1.29 is 9.59 Å². The van der Waals surface area contributed by atoms with Gasteiger partial charge in [-0.3, -0.25) is 9.59 Å². The van der Waals surface area contributed by atoms with Crippen molar-refractivity contribution in [1.29, 1.82) is 0 Å². The lowest BCUT2D eigenvalue weighted by atomic mass is 9.97. The molecule has 0 spiro atoms. The fourth-order valence-electron chi connectivity index (χ4n) is 2.92. The number of thioether (sulfide) groups is 1. The Kier molecular flexibility index (Phi) is 7.60. The predicted octanol–water partition coefficient (Wildman–Crippen LogP) is 4.47. The van der Waals surface area contributed by atoms with Crippen LogP contribution in [0.4, 0.5) is 0 Å². The van der Waals surface area contributed by atoms with E-state index in [0.29, 0.717) is 13.1 Å². The molecular formula is C18H21BrN2O2S3. The van der Waals surface area contributed by atoms with E-state index in [1.807, 2.05) is 34.2 Å². The maximum atomic E-state index is 12.5. The molecule has 3 heterocycles. The zero-order valence-electron chi connectivity index (χ0n) is 14.3. The van der Waals surface area contributed by atoms with Gasteiger partial charge in [-0.15, -0.1) is 22.7 Å². The van der Waals surface area contributed by atoms with E-state index in [4.69, 9.17) is 0 Å². The first-order chi connectivity index (χ1) is 12.6. The number of amides is 2. The first-order valence-corrected chi connectivity index (χ1v) is 12.2. The Morgan fingerprint density at radius 2 is 2.23 bits per heavy atom. The molecule has 4 nitrogen and oxygen atoms in total. The zero-order chi connectivity index (χ0) is 18.4. The largest absolute Gasteiger partial charge is 0.355 e. The van der Waals surface area contributed by atoms with Gasteiger partial charge in [-0.2, -0.15) is 11.8 Å². The summed E-state index contributed by atoms with van der Waals surface area (Å²) >= 11 is 8.50. The molecule has 0 radical (unpaired) electrons. The zero-order valence-corrected chi connectivity index (χ0v) is 18.3. The number of carbonyl (C=O) groups excluding carboxylic acids is 2. The van der Waals surface area contributed by atoms with Crippen LogP contribution in [0.2, 0.25) is 0 Å². The molecular weight excluding hydrogens is 452 g/mol. The molecule has 2 aromatic heterocycles. The second kappa shape index (κ2) is 9.92. The number of likely N-dealkylation sites (tertiary alicyclic amines) is 1. The van der Waals surface area contributed by atoms with Crippen LogP contribution in [-0.2, 0) is 10.5 Å². The quantitative estimate of drug-likeness (QED) is 0.604. The molecule has 26 heavy (non-hydrogen) atoms. The number of nitrogens with one attached hydrogen (secondary N) is 1. The molecule has 0 unspecified atom stereocenters. The highest BCUT2D eigenvalue weighted by atomic mass is 79.9. The molecule has 0 aliphatic carbocycles. The van der Waals surface area contributed by atoms with E-state index in [2.05, 4.69) is 33.4 Å². The molecule has 3 rings (SSSR count). The van der Waals surface area contributed by atoms with Gasteiger partial charge in [0.25, 0.3) is 5.91 Å². The standard InChI is InChI=1S/C18H21BrN2O2S3/c19-16-6-5-14(26-16)12-24-10-7-20-17(22)13-3-1-8-21(11-13)18(23)15-4-2-9-25-15/h2,4-6,9,13H,1,3,7-8,10-12H2,(H,20,22)/t13-/m0/s1. The van der Waals surface area contributed by atoms with Gasteiger partial charge in [0.05, 0.1) is 14.6 Å². The predicted molar refractivity (Wildman–Crippen MR) is 114 cm³/mol. The third kappa shape index (κ3) is 5.58. The first-order valence-electron chi connectivity index (χ1n) is 8.56. The van der Waals surface area contributed by atoms with Gasteiger partial charge >= 0.3 is 0 Å².